The number of aliphatic hydroxyl groups excluding tert-OH is 1. The average Bonchev–Trinajstić information content (AvgIpc) is 3.67. The molecule has 0 bridgehead atoms. The van der Waals surface area contributed by atoms with Gasteiger partial charge in [0.15, 0.2) is 39.3 Å². The minimum atomic E-state index is -1.13. The quantitative estimate of drug-likeness (QED) is 0.0730. The Morgan fingerprint density at radius 2 is 1.16 bits per heavy atom. The number of H-pyrrole nitrogens is 2. The molecule has 2 unspecified atom stereocenters. The Morgan fingerprint density at radius 3 is 1.56 bits per heavy atom. The molecule has 19 heteroatoms. The van der Waals surface area contributed by atoms with E-state index in [4.69, 9.17) is 70.9 Å². The molecule has 0 spiro atoms. The Hall–Kier alpha value is -4.54. The number of hydrogen-bond donors (Lipinski definition) is 4. The zero-order valence-corrected chi connectivity index (χ0v) is 37.9. The van der Waals surface area contributed by atoms with E-state index in [0.717, 1.165) is 18.1 Å². The number of carboxylic acid groups (broad SMARTS) is 1. The Morgan fingerprint density at radius 1 is 0.770 bits per heavy atom. The van der Waals surface area contributed by atoms with E-state index in [2.05, 4.69) is 21.8 Å². The zero-order valence-electron chi connectivity index (χ0n) is 34.3. The summed E-state index contributed by atoms with van der Waals surface area (Å²) in [6.07, 6.45) is 10.4. The van der Waals surface area contributed by atoms with Gasteiger partial charge in [-0.25, -0.2) is 0 Å². The number of aromatic amines is 2. The van der Waals surface area contributed by atoms with Crippen molar-refractivity contribution in [2.24, 2.45) is 0 Å². The van der Waals surface area contributed by atoms with Gasteiger partial charge in [0.2, 0.25) is 0 Å². The molecule has 4 aromatic rings. The number of nitrogens with one attached hydrogen (secondary N) is 2. The van der Waals surface area contributed by atoms with Gasteiger partial charge in [0.25, 0.3) is 17.1 Å². The average molecular weight is 887 g/mol. The number of aliphatic hydroxyl groups is 1. The summed E-state index contributed by atoms with van der Waals surface area (Å²) in [5, 5.41) is 18.3. The molecule has 61 heavy (non-hydrogen) atoms. The zero-order chi connectivity index (χ0) is 43.3. The van der Waals surface area contributed by atoms with Crippen molar-refractivity contribution in [3.8, 4) is 24.7 Å². The second-order valence-corrected chi connectivity index (χ2v) is 14.1. The van der Waals surface area contributed by atoms with Crippen LogP contribution in [0, 0.1) is 34.2 Å². The molecule has 2 aromatic carbocycles. The number of hydrogen-bond acceptors (Lipinski definition) is 13. The number of rotatable bonds is 11. The van der Waals surface area contributed by atoms with Crippen molar-refractivity contribution in [1.82, 2.24) is 19.1 Å². The number of benzene rings is 2. The van der Waals surface area contributed by atoms with Gasteiger partial charge in [-0.1, -0.05) is 86.4 Å². The van der Waals surface area contributed by atoms with Crippen LogP contribution in [0.25, 0.3) is 0 Å². The number of aliphatic carboxylic acids is 1. The van der Waals surface area contributed by atoms with Crippen LogP contribution >= 0.6 is 24.4 Å². The predicted molar refractivity (Wildman–Crippen MR) is 223 cm³/mol. The monoisotopic (exact) mass is 886 g/mol. The largest absolute Gasteiger partial charge is 1.00 e. The van der Waals surface area contributed by atoms with Crippen LogP contribution in [0.2, 0.25) is 0 Å². The molecule has 4 heterocycles. The molecular weight excluding hydrogens is 840 g/mol. The van der Waals surface area contributed by atoms with Crippen LogP contribution in [0.1, 0.15) is 64.1 Å². The Kier molecular flexibility index (Phi) is 20.9. The minimum Gasteiger partial charge on any atom is -0.870 e. The van der Waals surface area contributed by atoms with Crippen molar-refractivity contribution in [3.63, 3.8) is 0 Å². The van der Waals surface area contributed by atoms with Gasteiger partial charge < -0.3 is 39.4 Å². The van der Waals surface area contributed by atoms with Crippen LogP contribution in [-0.4, -0.2) is 82.3 Å². The van der Waals surface area contributed by atoms with E-state index >= 15 is 0 Å². The molecule has 2 saturated heterocycles. The van der Waals surface area contributed by atoms with Crippen molar-refractivity contribution < 1.29 is 78.5 Å². The van der Waals surface area contributed by atoms with Gasteiger partial charge in [0, 0.05) is 38.4 Å². The molecule has 0 saturated carbocycles. The fraction of sp³-hybridized carbons (Fsp3) is 0.381. The standard InChI is InChI=1S/C21H22N2O5S.C19H20N2O4S.C2H4O2.Na.H2O/c1-4-21(5-2)18(26-13-15-9-7-6-8-10-15)17(27-14(3)24)19(28-21)23-12-11-16(25)22-20(23)29;1-3-19(4-2)16(24-12-13-8-6-5-7-9-13)15(23)17(25-19)21-11-10-14(22)20-18(21)26;1-2(3)4;;/h1,6-12,17-19H,5,13H2,2-3H3,(H,22,25,29);1,5-11,15-17,23H,4,12H2,2H3,(H,20,22,26);1H3,(H,3,4);;1H2/q;;;+1;/p-1/t17-,18?,19+,21+;15-,16?,17+,19+;;;/m00.../s1. The molecule has 320 valence electrons. The number of aromatic nitrogens is 4. The van der Waals surface area contributed by atoms with E-state index in [-0.39, 0.29) is 62.3 Å². The molecule has 8 atom stereocenters. The van der Waals surface area contributed by atoms with Crippen LogP contribution < -0.4 is 40.7 Å². The van der Waals surface area contributed by atoms with Crippen LogP contribution in [0.4, 0.5) is 0 Å². The van der Waals surface area contributed by atoms with Crippen LogP contribution in [0.15, 0.2) is 94.8 Å². The summed E-state index contributed by atoms with van der Waals surface area (Å²) in [7, 11) is 0. The molecular formula is C42H47N4NaO12S2. The normalized spacial score (nSPS) is 24.7. The van der Waals surface area contributed by atoms with Crippen LogP contribution in [0.3, 0.4) is 0 Å². The third kappa shape index (κ3) is 13.2. The van der Waals surface area contributed by atoms with Crippen LogP contribution in [0.5, 0.6) is 0 Å². The van der Waals surface area contributed by atoms with E-state index in [1.165, 1.54) is 40.6 Å². The summed E-state index contributed by atoms with van der Waals surface area (Å²) in [5.74, 6) is 4.00. The topological polar surface area (TPSA) is 226 Å². The van der Waals surface area contributed by atoms with Crippen molar-refractivity contribution in [2.75, 3.05) is 0 Å². The van der Waals surface area contributed by atoms with Crippen molar-refractivity contribution in [1.29, 1.82) is 0 Å². The number of esters is 1. The number of carboxylic acids is 1. The van der Waals surface area contributed by atoms with Crippen molar-refractivity contribution in [2.45, 2.75) is 102 Å². The van der Waals surface area contributed by atoms with Gasteiger partial charge in [-0.05, 0) is 48.4 Å². The third-order valence-corrected chi connectivity index (χ3v) is 10.0. The van der Waals surface area contributed by atoms with Gasteiger partial charge in [-0.2, -0.15) is 0 Å². The van der Waals surface area contributed by atoms with Crippen molar-refractivity contribution >= 4 is 36.4 Å². The number of carbonyl (C=O) groups excluding carboxylic acids is 1. The molecule has 2 aliphatic heterocycles. The van der Waals surface area contributed by atoms with Gasteiger partial charge in [0.1, 0.15) is 18.3 Å². The molecule has 2 aliphatic rings. The fourth-order valence-electron chi connectivity index (χ4n) is 6.53. The molecule has 5 N–H and O–H groups in total. The van der Waals surface area contributed by atoms with E-state index in [1.54, 1.807) is 0 Å². The summed E-state index contributed by atoms with van der Waals surface area (Å²) in [4.78, 5) is 48.9. The first-order chi connectivity index (χ1) is 28.1. The van der Waals surface area contributed by atoms with Crippen LogP contribution in [-0.2, 0) is 46.5 Å². The predicted octanol–water partition coefficient (Wildman–Crippen LogP) is 1.81. The maximum atomic E-state index is 11.8. The Labute approximate surface area is 384 Å². The maximum absolute atomic E-state index is 11.8. The number of nitrogens with zero attached hydrogens (tertiary/aromatic N) is 2. The Bertz CT molecular complexity index is 2380. The summed E-state index contributed by atoms with van der Waals surface area (Å²) in [6, 6.07) is 21.8. The fourth-order valence-corrected chi connectivity index (χ4v) is 7.06. The summed E-state index contributed by atoms with van der Waals surface area (Å²) < 4.78 is 33.2. The van der Waals surface area contributed by atoms with E-state index in [1.807, 2.05) is 74.5 Å². The first-order valence-corrected chi connectivity index (χ1v) is 19.3. The van der Waals surface area contributed by atoms with Gasteiger partial charge in [-0.15, -0.1) is 12.8 Å². The van der Waals surface area contributed by atoms with Crippen molar-refractivity contribution in [3.05, 3.63) is 127 Å². The van der Waals surface area contributed by atoms with E-state index in [0.29, 0.717) is 19.4 Å². The molecule has 2 aromatic heterocycles. The molecule has 0 aliphatic carbocycles. The van der Waals surface area contributed by atoms with E-state index in [9.17, 15) is 19.5 Å². The summed E-state index contributed by atoms with van der Waals surface area (Å²) >= 11 is 10.4. The summed E-state index contributed by atoms with van der Waals surface area (Å²) in [6.45, 7) is 6.69. The minimum absolute atomic E-state index is 0. The van der Waals surface area contributed by atoms with Gasteiger partial charge >= 0.3 is 35.5 Å². The van der Waals surface area contributed by atoms with Gasteiger partial charge in [0.05, 0.1) is 13.2 Å². The van der Waals surface area contributed by atoms with E-state index < -0.39 is 60.0 Å². The molecule has 0 amide bonds. The Balaban J connectivity index is 0.000000376. The SMILES string of the molecule is C#C[C@]1(CC)O[C@@H](n2ccc(=O)[nH]c2=S)[C@@H](O)C1OCc1ccccc1.C#C[C@]1(CC)O[C@@H](n2ccc(=O)[nH]c2=S)[C@@H](OC(C)=O)C1OCc1ccccc1.CC(=O)O.[Na+].[OH-]. The molecule has 2 fully saturated rings. The number of ether oxygens (including phenoxy) is 5. The summed E-state index contributed by atoms with van der Waals surface area (Å²) in [5.41, 5.74) is -0.988. The molecule has 6 rings (SSSR count). The first kappa shape index (κ1) is 52.6. The maximum Gasteiger partial charge on any atom is 1.00 e. The second kappa shape index (κ2) is 24.2. The number of carbonyl (C=O) groups is 2. The third-order valence-electron chi connectivity index (χ3n) is 9.40. The first-order valence-electron chi connectivity index (χ1n) is 18.4. The number of terminal acetylenes is 2. The molecule has 0 radical (unpaired) electrons. The second-order valence-electron chi connectivity index (χ2n) is 13.3. The smallest absolute Gasteiger partial charge is 0.870 e. The molecule has 16 nitrogen and oxygen atoms in total. The van der Waals surface area contributed by atoms with Gasteiger partial charge in [-0.3, -0.25) is 38.3 Å².